The summed E-state index contributed by atoms with van der Waals surface area (Å²) in [5, 5.41) is 6.45. The van der Waals surface area contributed by atoms with Gasteiger partial charge in [0.15, 0.2) is 0 Å². The highest BCUT2D eigenvalue weighted by Crippen LogP contribution is 2.24. The standard InChI is InChI=1S/C13H24N2O2/c1-13(6-4-7-14-9-13)10-15-12(16)11-5-2-3-8-17-11/h11,14H,2-10H2,1H3,(H,15,16). The first-order valence-electron chi connectivity index (χ1n) is 6.80. The van der Waals surface area contributed by atoms with Crippen molar-refractivity contribution >= 4 is 5.91 Å². The van der Waals surface area contributed by atoms with Crippen LogP contribution in [0.3, 0.4) is 0 Å². The van der Waals surface area contributed by atoms with Crippen molar-refractivity contribution in [3.8, 4) is 0 Å². The number of carbonyl (C=O) groups excluding carboxylic acids is 1. The molecule has 0 radical (unpaired) electrons. The summed E-state index contributed by atoms with van der Waals surface area (Å²) >= 11 is 0. The maximum absolute atomic E-state index is 11.9. The molecule has 0 aromatic heterocycles. The molecular weight excluding hydrogens is 216 g/mol. The fraction of sp³-hybridized carbons (Fsp3) is 0.923. The lowest BCUT2D eigenvalue weighted by Crippen LogP contribution is -2.48. The van der Waals surface area contributed by atoms with Crippen molar-refractivity contribution < 1.29 is 9.53 Å². The number of amides is 1. The molecule has 98 valence electrons. The van der Waals surface area contributed by atoms with Crippen LogP contribution in [0.5, 0.6) is 0 Å². The summed E-state index contributed by atoms with van der Waals surface area (Å²) in [5.41, 5.74) is 0.211. The minimum Gasteiger partial charge on any atom is -0.368 e. The van der Waals surface area contributed by atoms with Crippen molar-refractivity contribution in [3.63, 3.8) is 0 Å². The summed E-state index contributed by atoms with van der Waals surface area (Å²) in [6.45, 7) is 5.84. The molecule has 0 aliphatic carbocycles. The zero-order chi connectivity index (χ0) is 12.1. The summed E-state index contributed by atoms with van der Waals surface area (Å²) in [7, 11) is 0. The lowest BCUT2D eigenvalue weighted by molar-refractivity contribution is -0.136. The first-order chi connectivity index (χ1) is 8.20. The molecule has 2 saturated heterocycles. The van der Waals surface area contributed by atoms with Crippen LogP contribution in [-0.4, -0.2) is 38.3 Å². The zero-order valence-corrected chi connectivity index (χ0v) is 10.8. The first-order valence-corrected chi connectivity index (χ1v) is 6.80. The average molecular weight is 240 g/mol. The normalized spacial score (nSPS) is 34.3. The third-order valence-corrected chi connectivity index (χ3v) is 3.85. The minimum atomic E-state index is -0.205. The van der Waals surface area contributed by atoms with Crippen LogP contribution in [0.2, 0.25) is 0 Å². The van der Waals surface area contributed by atoms with Gasteiger partial charge in [-0.25, -0.2) is 0 Å². The molecule has 0 aromatic rings. The summed E-state index contributed by atoms with van der Waals surface area (Å²) < 4.78 is 5.48. The topological polar surface area (TPSA) is 50.4 Å². The Morgan fingerprint density at radius 1 is 1.47 bits per heavy atom. The van der Waals surface area contributed by atoms with Gasteiger partial charge >= 0.3 is 0 Å². The Bertz CT molecular complexity index is 256. The highest BCUT2D eigenvalue weighted by Gasteiger charge is 2.29. The van der Waals surface area contributed by atoms with E-state index in [0.717, 1.165) is 45.5 Å². The zero-order valence-electron chi connectivity index (χ0n) is 10.8. The van der Waals surface area contributed by atoms with Gasteiger partial charge in [-0.1, -0.05) is 6.92 Å². The number of hydrogen-bond donors (Lipinski definition) is 2. The quantitative estimate of drug-likeness (QED) is 0.775. The largest absolute Gasteiger partial charge is 0.368 e. The number of carbonyl (C=O) groups is 1. The van der Waals surface area contributed by atoms with Crippen molar-refractivity contribution in [3.05, 3.63) is 0 Å². The molecule has 1 amide bonds. The van der Waals surface area contributed by atoms with E-state index < -0.39 is 0 Å². The first kappa shape index (κ1) is 12.8. The second-order valence-electron chi connectivity index (χ2n) is 5.66. The molecule has 2 heterocycles. The Morgan fingerprint density at radius 2 is 2.35 bits per heavy atom. The van der Waals surface area contributed by atoms with Gasteiger partial charge in [-0.05, 0) is 44.1 Å². The number of rotatable bonds is 3. The van der Waals surface area contributed by atoms with Crippen LogP contribution in [-0.2, 0) is 9.53 Å². The summed E-state index contributed by atoms with van der Waals surface area (Å²) in [4.78, 5) is 11.9. The molecular formula is C13H24N2O2. The Labute approximate surface area is 103 Å². The molecule has 4 nitrogen and oxygen atoms in total. The van der Waals surface area contributed by atoms with Gasteiger partial charge in [0.25, 0.3) is 0 Å². The van der Waals surface area contributed by atoms with Crippen molar-refractivity contribution in [2.45, 2.75) is 45.1 Å². The summed E-state index contributed by atoms with van der Waals surface area (Å²) in [5.74, 6) is 0.0801. The van der Waals surface area contributed by atoms with Crippen LogP contribution in [0.4, 0.5) is 0 Å². The van der Waals surface area contributed by atoms with Crippen molar-refractivity contribution in [2.24, 2.45) is 5.41 Å². The fourth-order valence-corrected chi connectivity index (χ4v) is 2.63. The predicted molar refractivity (Wildman–Crippen MR) is 66.8 cm³/mol. The highest BCUT2D eigenvalue weighted by molar-refractivity contribution is 5.80. The molecule has 2 N–H and O–H groups in total. The Kier molecular flexibility index (Phi) is 4.40. The molecule has 4 heteroatoms. The molecule has 17 heavy (non-hydrogen) atoms. The predicted octanol–water partition coefficient (Wildman–Crippen LogP) is 1.06. The van der Waals surface area contributed by atoms with Gasteiger partial charge < -0.3 is 15.4 Å². The second-order valence-corrected chi connectivity index (χ2v) is 5.66. The van der Waals surface area contributed by atoms with E-state index >= 15 is 0 Å². The van der Waals surface area contributed by atoms with Gasteiger partial charge in [0, 0.05) is 19.7 Å². The van der Waals surface area contributed by atoms with E-state index in [9.17, 15) is 4.79 Å². The van der Waals surface area contributed by atoms with Crippen LogP contribution in [0.25, 0.3) is 0 Å². The molecule has 0 bridgehead atoms. The van der Waals surface area contributed by atoms with E-state index in [1.54, 1.807) is 0 Å². The third-order valence-electron chi connectivity index (χ3n) is 3.85. The van der Waals surface area contributed by atoms with E-state index in [2.05, 4.69) is 17.6 Å². The van der Waals surface area contributed by atoms with Crippen LogP contribution in [0.15, 0.2) is 0 Å². The summed E-state index contributed by atoms with van der Waals surface area (Å²) in [6, 6.07) is 0. The molecule has 2 aliphatic rings. The van der Waals surface area contributed by atoms with Gasteiger partial charge in [0.05, 0.1) is 0 Å². The van der Waals surface area contributed by atoms with E-state index in [-0.39, 0.29) is 17.4 Å². The molecule has 2 unspecified atom stereocenters. The highest BCUT2D eigenvalue weighted by atomic mass is 16.5. The van der Waals surface area contributed by atoms with Gasteiger partial charge in [-0.2, -0.15) is 0 Å². The van der Waals surface area contributed by atoms with E-state index in [4.69, 9.17) is 4.74 Å². The van der Waals surface area contributed by atoms with Crippen LogP contribution in [0, 0.1) is 5.41 Å². The van der Waals surface area contributed by atoms with Gasteiger partial charge in [0.1, 0.15) is 6.10 Å². The molecule has 0 aromatic carbocycles. The lowest BCUT2D eigenvalue weighted by Gasteiger charge is -2.34. The van der Waals surface area contributed by atoms with E-state index in [0.29, 0.717) is 0 Å². The molecule has 2 aliphatic heterocycles. The Balaban J connectivity index is 1.74. The van der Waals surface area contributed by atoms with Crippen molar-refractivity contribution in [2.75, 3.05) is 26.2 Å². The fourth-order valence-electron chi connectivity index (χ4n) is 2.63. The van der Waals surface area contributed by atoms with E-state index in [1.165, 1.54) is 12.8 Å². The molecule has 2 atom stereocenters. The van der Waals surface area contributed by atoms with Crippen molar-refractivity contribution in [1.29, 1.82) is 0 Å². The monoisotopic (exact) mass is 240 g/mol. The average Bonchev–Trinajstić information content (AvgIpc) is 2.38. The summed E-state index contributed by atoms with van der Waals surface area (Å²) in [6.07, 6.45) is 5.25. The minimum absolute atomic E-state index is 0.0801. The number of ether oxygens (including phenoxy) is 1. The Morgan fingerprint density at radius 3 is 3.00 bits per heavy atom. The van der Waals surface area contributed by atoms with Gasteiger partial charge in [-0.3, -0.25) is 4.79 Å². The van der Waals surface area contributed by atoms with E-state index in [1.807, 2.05) is 0 Å². The molecule has 0 saturated carbocycles. The van der Waals surface area contributed by atoms with Crippen LogP contribution in [0.1, 0.15) is 39.0 Å². The van der Waals surface area contributed by atoms with Crippen LogP contribution >= 0.6 is 0 Å². The van der Waals surface area contributed by atoms with Gasteiger partial charge in [-0.15, -0.1) is 0 Å². The number of nitrogens with one attached hydrogen (secondary N) is 2. The van der Waals surface area contributed by atoms with Crippen molar-refractivity contribution in [1.82, 2.24) is 10.6 Å². The molecule has 2 rings (SSSR count). The SMILES string of the molecule is CC1(CNC(=O)C2CCCCO2)CCCNC1. The van der Waals surface area contributed by atoms with Gasteiger partial charge in [0.2, 0.25) is 5.91 Å². The molecule has 0 spiro atoms. The second kappa shape index (κ2) is 5.83. The van der Waals surface area contributed by atoms with Crippen LogP contribution < -0.4 is 10.6 Å². The molecule has 2 fully saturated rings. The maximum Gasteiger partial charge on any atom is 0.249 e. The Hall–Kier alpha value is -0.610. The smallest absolute Gasteiger partial charge is 0.249 e. The number of hydrogen-bond acceptors (Lipinski definition) is 3. The maximum atomic E-state index is 11.9. The number of piperidine rings is 1. The third kappa shape index (κ3) is 3.68. The lowest BCUT2D eigenvalue weighted by atomic mass is 9.83.